The lowest BCUT2D eigenvalue weighted by Crippen LogP contribution is -2.47. The SMILES string of the molecule is CCOC(=O)C1(c2ccccc2F)CCNCC1.Cl. The van der Waals surface area contributed by atoms with Gasteiger partial charge in [-0.25, -0.2) is 4.39 Å². The Morgan fingerprint density at radius 2 is 2.00 bits per heavy atom. The third-order valence-corrected chi connectivity index (χ3v) is 3.51. The molecule has 1 aliphatic rings. The summed E-state index contributed by atoms with van der Waals surface area (Å²) in [6, 6.07) is 6.50. The number of halogens is 2. The van der Waals surface area contributed by atoms with Crippen LogP contribution in [-0.2, 0) is 14.9 Å². The van der Waals surface area contributed by atoms with Crippen molar-refractivity contribution in [3.63, 3.8) is 0 Å². The van der Waals surface area contributed by atoms with E-state index >= 15 is 0 Å². The fourth-order valence-electron chi connectivity index (χ4n) is 2.56. The van der Waals surface area contributed by atoms with E-state index in [4.69, 9.17) is 4.74 Å². The normalized spacial score (nSPS) is 17.4. The molecule has 0 saturated carbocycles. The number of nitrogens with one attached hydrogen (secondary N) is 1. The number of hydrogen-bond donors (Lipinski definition) is 1. The third kappa shape index (κ3) is 3.07. The summed E-state index contributed by atoms with van der Waals surface area (Å²) in [5.74, 6) is -0.635. The molecule has 1 fully saturated rings. The van der Waals surface area contributed by atoms with Gasteiger partial charge in [0, 0.05) is 5.56 Å². The van der Waals surface area contributed by atoms with Gasteiger partial charge in [0.2, 0.25) is 0 Å². The minimum Gasteiger partial charge on any atom is -0.465 e. The Morgan fingerprint density at radius 3 is 2.58 bits per heavy atom. The van der Waals surface area contributed by atoms with Gasteiger partial charge < -0.3 is 10.1 Å². The van der Waals surface area contributed by atoms with E-state index in [1.54, 1.807) is 25.1 Å². The Bertz CT molecular complexity index is 433. The van der Waals surface area contributed by atoms with Gasteiger partial charge >= 0.3 is 5.97 Å². The second kappa shape index (κ2) is 6.87. The molecule has 0 spiro atoms. The molecule has 0 amide bonds. The Balaban J connectivity index is 0.00000180. The number of esters is 1. The first-order chi connectivity index (χ1) is 8.70. The predicted molar refractivity (Wildman–Crippen MR) is 74.1 cm³/mol. The van der Waals surface area contributed by atoms with Gasteiger partial charge in [-0.15, -0.1) is 12.4 Å². The molecule has 1 aromatic carbocycles. The van der Waals surface area contributed by atoms with Crippen LogP contribution in [0.15, 0.2) is 24.3 Å². The van der Waals surface area contributed by atoms with Crippen molar-refractivity contribution in [1.29, 1.82) is 0 Å². The summed E-state index contributed by atoms with van der Waals surface area (Å²) in [5.41, 5.74) is -0.364. The van der Waals surface area contributed by atoms with E-state index in [0.29, 0.717) is 38.1 Å². The van der Waals surface area contributed by atoms with Crippen LogP contribution in [-0.4, -0.2) is 25.7 Å². The lowest BCUT2D eigenvalue weighted by molar-refractivity contribution is -0.151. The van der Waals surface area contributed by atoms with Crippen molar-refractivity contribution >= 4 is 18.4 Å². The van der Waals surface area contributed by atoms with E-state index in [9.17, 15) is 9.18 Å². The molecule has 0 radical (unpaired) electrons. The van der Waals surface area contributed by atoms with Crippen LogP contribution >= 0.6 is 12.4 Å². The topological polar surface area (TPSA) is 38.3 Å². The van der Waals surface area contributed by atoms with Crippen LogP contribution in [0.3, 0.4) is 0 Å². The zero-order valence-electron chi connectivity index (χ0n) is 10.9. The zero-order chi connectivity index (χ0) is 13.0. The Hall–Kier alpha value is -1.13. The molecule has 1 aromatic rings. The number of rotatable bonds is 3. The van der Waals surface area contributed by atoms with Gasteiger partial charge in [-0.3, -0.25) is 4.79 Å². The number of piperidine rings is 1. The van der Waals surface area contributed by atoms with E-state index in [0.717, 1.165) is 0 Å². The summed E-state index contributed by atoms with van der Waals surface area (Å²) >= 11 is 0. The van der Waals surface area contributed by atoms with E-state index < -0.39 is 5.41 Å². The molecule has 1 N–H and O–H groups in total. The van der Waals surface area contributed by atoms with Crippen LogP contribution in [0, 0.1) is 5.82 Å². The van der Waals surface area contributed by atoms with Gasteiger partial charge in [-0.2, -0.15) is 0 Å². The van der Waals surface area contributed by atoms with Crippen molar-refractivity contribution in [1.82, 2.24) is 5.32 Å². The molecule has 0 bridgehead atoms. The van der Waals surface area contributed by atoms with Gasteiger partial charge in [0.15, 0.2) is 0 Å². The lowest BCUT2D eigenvalue weighted by atomic mass is 9.73. The average Bonchev–Trinajstić information content (AvgIpc) is 2.40. The van der Waals surface area contributed by atoms with Crippen molar-refractivity contribution in [2.45, 2.75) is 25.2 Å². The highest BCUT2D eigenvalue weighted by Gasteiger charge is 2.44. The van der Waals surface area contributed by atoms with Crippen LogP contribution in [0.2, 0.25) is 0 Å². The number of carbonyl (C=O) groups excluding carboxylic acids is 1. The predicted octanol–water partition coefficient (Wildman–Crippen LogP) is 2.43. The maximum Gasteiger partial charge on any atom is 0.316 e. The molecule has 3 nitrogen and oxygen atoms in total. The fraction of sp³-hybridized carbons (Fsp3) is 0.500. The highest BCUT2D eigenvalue weighted by Crippen LogP contribution is 2.36. The molecule has 1 heterocycles. The Labute approximate surface area is 118 Å². The molecule has 0 unspecified atom stereocenters. The first-order valence-electron chi connectivity index (χ1n) is 6.33. The monoisotopic (exact) mass is 287 g/mol. The molecule has 2 rings (SSSR count). The smallest absolute Gasteiger partial charge is 0.316 e. The summed E-state index contributed by atoms with van der Waals surface area (Å²) < 4.78 is 19.2. The average molecular weight is 288 g/mol. The maximum absolute atomic E-state index is 14.0. The molecule has 1 saturated heterocycles. The van der Waals surface area contributed by atoms with E-state index in [1.807, 2.05) is 0 Å². The van der Waals surface area contributed by atoms with Crippen LogP contribution in [0.5, 0.6) is 0 Å². The van der Waals surface area contributed by atoms with Crippen molar-refractivity contribution < 1.29 is 13.9 Å². The van der Waals surface area contributed by atoms with E-state index in [1.165, 1.54) is 6.07 Å². The molecule has 1 aliphatic heterocycles. The molecule has 5 heteroatoms. The number of hydrogen-bond acceptors (Lipinski definition) is 3. The quantitative estimate of drug-likeness (QED) is 0.868. The van der Waals surface area contributed by atoms with Crippen molar-refractivity contribution in [2.24, 2.45) is 0 Å². The number of benzene rings is 1. The van der Waals surface area contributed by atoms with Crippen LogP contribution in [0.25, 0.3) is 0 Å². The summed E-state index contributed by atoms with van der Waals surface area (Å²) in [6.45, 7) is 3.50. The highest BCUT2D eigenvalue weighted by molar-refractivity contribution is 5.85. The molecular weight excluding hydrogens is 269 g/mol. The van der Waals surface area contributed by atoms with Crippen molar-refractivity contribution in [3.05, 3.63) is 35.6 Å². The van der Waals surface area contributed by atoms with Gasteiger partial charge in [-0.1, -0.05) is 18.2 Å². The largest absolute Gasteiger partial charge is 0.465 e. The van der Waals surface area contributed by atoms with Crippen molar-refractivity contribution in [3.8, 4) is 0 Å². The summed E-state index contributed by atoms with van der Waals surface area (Å²) in [5, 5.41) is 3.20. The third-order valence-electron chi connectivity index (χ3n) is 3.51. The summed E-state index contributed by atoms with van der Waals surface area (Å²) in [6.07, 6.45) is 1.15. The summed E-state index contributed by atoms with van der Waals surface area (Å²) in [7, 11) is 0. The van der Waals surface area contributed by atoms with Crippen LogP contribution in [0.4, 0.5) is 4.39 Å². The van der Waals surface area contributed by atoms with Gasteiger partial charge in [0.25, 0.3) is 0 Å². The highest BCUT2D eigenvalue weighted by atomic mass is 35.5. The van der Waals surface area contributed by atoms with Crippen LogP contribution in [0.1, 0.15) is 25.3 Å². The minimum absolute atomic E-state index is 0. The maximum atomic E-state index is 14.0. The van der Waals surface area contributed by atoms with Gasteiger partial charge in [-0.05, 0) is 38.9 Å². The summed E-state index contributed by atoms with van der Waals surface area (Å²) in [4.78, 5) is 12.3. The van der Waals surface area contributed by atoms with E-state index in [-0.39, 0.29) is 24.2 Å². The molecule has 0 atom stereocenters. The molecule has 0 aromatic heterocycles. The first-order valence-corrected chi connectivity index (χ1v) is 6.33. The molecule has 0 aliphatic carbocycles. The Morgan fingerprint density at radius 1 is 1.37 bits per heavy atom. The Kier molecular flexibility index (Phi) is 5.76. The first kappa shape index (κ1) is 15.9. The minimum atomic E-state index is -0.827. The van der Waals surface area contributed by atoms with Gasteiger partial charge in [0.05, 0.1) is 12.0 Å². The molecular formula is C14H19ClFNO2. The van der Waals surface area contributed by atoms with Crippen molar-refractivity contribution in [2.75, 3.05) is 19.7 Å². The number of ether oxygens (including phenoxy) is 1. The zero-order valence-corrected chi connectivity index (χ0v) is 11.8. The number of carbonyl (C=O) groups is 1. The molecule has 19 heavy (non-hydrogen) atoms. The molecule has 106 valence electrons. The standard InChI is InChI=1S/C14H18FNO2.ClH/c1-2-18-13(17)14(7-9-16-10-8-14)11-5-3-4-6-12(11)15;/h3-6,16H,2,7-10H2,1H3;1H. The second-order valence-corrected chi connectivity index (χ2v) is 4.53. The second-order valence-electron chi connectivity index (χ2n) is 4.53. The fourth-order valence-corrected chi connectivity index (χ4v) is 2.56. The van der Waals surface area contributed by atoms with E-state index in [2.05, 4.69) is 5.32 Å². The van der Waals surface area contributed by atoms with Gasteiger partial charge in [0.1, 0.15) is 5.82 Å². The van der Waals surface area contributed by atoms with Crippen LogP contribution < -0.4 is 5.32 Å². The lowest BCUT2D eigenvalue weighted by Gasteiger charge is -2.35.